The molecule has 1 aromatic heterocycles. The lowest BCUT2D eigenvalue weighted by Crippen LogP contribution is -2.60. The van der Waals surface area contributed by atoms with Crippen molar-refractivity contribution in [2.24, 2.45) is 29.6 Å². The predicted octanol–water partition coefficient (Wildman–Crippen LogP) is 5.12. The number of rotatable bonds is 17. The van der Waals surface area contributed by atoms with Crippen LogP contribution < -0.4 is 5.32 Å². The Bertz CT molecular complexity index is 2080. The van der Waals surface area contributed by atoms with E-state index in [1.54, 1.807) is 66.1 Å². The highest BCUT2D eigenvalue weighted by molar-refractivity contribution is 5.83. The molecule has 3 fully saturated rings. The number of ketones is 1. The van der Waals surface area contributed by atoms with Gasteiger partial charge in [0.15, 0.2) is 12.6 Å². The lowest BCUT2D eigenvalue weighted by Gasteiger charge is -2.49. The third-order valence-electron chi connectivity index (χ3n) is 16.1. The van der Waals surface area contributed by atoms with Crippen LogP contribution in [0, 0.1) is 29.6 Å². The maximum atomic E-state index is 14.4. The monoisotopic (exact) mass is 1030 g/mol. The summed E-state index contributed by atoms with van der Waals surface area (Å²) in [6.07, 6.45) is -3.56. The van der Waals surface area contributed by atoms with Crippen LogP contribution >= 0.6 is 0 Å². The average Bonchev–Trinajstić information content (AvgIpc) is 3.38. The number of Topliss-reactive ketones (excluding diaryl/α,β-unsaturated/α-hetero) is 1. The minimum Gasteiger partial charge on any atom is -0.459 e. The van der Waals surface area contributed by atoms with E-state index in [-0.39, 0.29) is 56.1 Å². The SMILES string of the molecule is CC[C@H]1OC(=O)[C@H](C)[C@@H](O[C@H]2C[C@@](C)(OC)[C@@H](O)[C@H](C)O2)[C@H](C)[C@@H](O[C@H]2C[C@@H](N(C)CCC(=O)NC[C@H](CF)[C@H](O)c3ccc(-c4cncnc4)cc3)C[C@@H](C)O2)[C@](C)(OC)C[C@@H](C)C(=O)[C@H](C)[C@@H](O)[C@]1(C)O. The molecule has 19 heteroatoms. The number of aromatic nitrogens is 2. The highest BCUT2D eigenvalue weighted by atomic mass is 19.1. The molecule has 5 N–H and O–H groups in total. The van der Waals surface area contributed by atoms with Crippen LogP contribution in [0.25, 0.3) is 11.1 Å². The molecule has 5 rings (SSSR count). The van der Waals surface area contributed by atoms with Gasteiger partial charge in [0.25, 0.3) is 0 Å². The standard InChI is InChI=1S/C54H85FN4O14/c1-14-41-54(10,66)48(63)32(4)45(61)30(2)23-53(9,68-13)50(33(5)47(34(6)51(65)71-41)72-44-24-52(8,67-12)49(64)35(7)70-44)73-43-22-40(21-31(3)69-43)59(11)20-19-42(60)58-28-38(25-55)46(62)37-17-15-36(16-18-37)39-26-56-29-57-27-39/h15-18,26-27,29-35,38,40-41,43-44,46-50,62-64,66H,14,19-25,28H2,1-13H3,(H,58,60)/t30-,31-,32+,33+,34-,35+,38+,40+,41-,43+,44+,46-,47+,48-,49+,50-,52-,53-,54-/m1/s1. The summed E-state index contributed by atoms with van der Waals surface area (Å²) >= 11 is 0. The van der Waals surface area contributed by atoms with Crippen LogP contribution in [0.15, 0.2) is 43.0 Å². The molecule has 0 radical (unpaired) electrons. The number of carbonyl (C=O) groups is 3. The lowest BCUT2D eigenvalue weighted by atomic mass is 9.74. The zero-order valence-corrected chi connectivity index (χ0v) is 45.2. The van der Waals surface area contributed by atoms with Crippen LogP contribution in [0.1, 0.15) is 119 Å². The number of amides is 1. The number of methoxy groups -OCH3 is 2. The third kappa shape index (κ3) is 14.5. The Morgan fingerprint density at radius 2 is 1.53 bits per heavy atom. The first-order valence-electron chi connectivity index (χ1n) is 26.0. The molecule has 1 amide bonds. The highest BCUT2D eigenvalue weighted by Gasteiger charge is 2.53. The summed E-state index contributed by atoms with van der Waals surface area (Å²) in [5.41, 5.74) is -2.16. The van der Waals surface area contributed by atoms with Gasteiger partial charge in [-0.25, -0.2) is 9.97 Å². The Balaban J connectivity index is 1.36. The average molecular weight is 1030 g/mol. The van der Waals surface area contributed by atoms with Crippen LogP contribution in [0.4, 0.5) is 4.39 Å². The maximum Gasteiger partial charge on any atom is 0.311 e. The van der Waals surface area contributed by atoms with E-state index in [0.717, 1.165) is 11.1 Å². The molecular formula is C54H85FN4O14. The van der Waals surface area contributed by atoms with E-state index in [1.165, 1.54) is 27.5 Å². The molecule has 3 aliphatic rings. The second-order valence-electron chi connectivity index (χ2n) is 21.7. The Morgan fingerprint density at radius 3 is 2.14 bits per heavy atom. The van der Waals surface area contributed by atoms with Crippen LogP contribution in [0.3, 0.4) is 0 Å². The number of aliphatic hydroxyl groups excluding tert-OH is 3. The second-order valence-corrected chi connectivity index (χ2v) is 21.7. The van der Waals surface area contributed by atoms with Crippen LogP contribution in [0.2, 0.25) is 0 Å². The van der Waals surface area contributed by atoms with Crippen molar-refractivity contribution in [3.8, 4) is 11.1 Å². The van der Waals surface area contributed by atoms with Gasteiger partial charge in [-0.2, -0.15) is 0 Å². The van der Waals surface area contributed by atoms with Crippen molar-refractivity contribution >= 4 is 17.7 Å². The summed E-state index contributed by atoms with van der Waals surface area (Å²) in [5, 5.41) is 48.4. The molecular weight excluding hydrogens is 948 g/mol. The molecule has 4 heterocycles. The molecule has 0 unspecified atom stereocenters. The molecule has 0 saturated carbocycles. The van der Waals surface area contributed by atoms with Gasteiger partial charge in [0.2, 0.25) is 5.91 Å². The van der Waals surface area contributed by atoms with Gasteiger partial charge in [-0.15, -0.1) is 0 Å². The third-order valence-corrected chi connectivity index (χ3v) is 16.1. The molecule has 2 aromatic rings. The number of cyclic esters (lactones) is 1. The van der Waals surface area contributed by atoms with E-state index in [1.807, 2.05) is 40.0 Å². The van der Waals surface area contributed by atoms with Gasteiger partial charge in [0.1, 0.15) is 29.9 Å². The highest BCUT2D eigenvalue weighted by Crippen LogP contribution is 2.42. The van der Waals surface area contributed by atoms with E-state index in [2.05, 4.69) is 20.2 Å². The molecule has 0 aliphatic carbocycles. The Morgan fingerprint density at radius 1 is 0.890 bits per heavy atom. The first kappa shape index (κ1) is 60.3. The summed E-state index contributed by atoms with van der Waals surface area (Å²) < 4.78 is 59.2. The first-order valence-corrected chi connectivity index (χ1v) is 26.0. The van der Waals surface area contributed by atoms with Gasteiger partial charge in [-0.05, 0) is 79.0 Å². The van der Waals surface area contributed by atoms with Crippen LogP contribution in [-0.2, 0) is 47.5 Å². The van der Waals surface area contributed by atoms with Gasteiger partial charge in [-0.1, -0.05) is 52.0 Å². The minimum atomic E-state index is -2.00. The molecule has 0 spiro atoms. The number of carbonyl (C=O) groups excluding carboxylic acids is 3. The molecule has 3 saturated heterocycles. The fourth-order valence-corrected chi connectivity index (χ4v) is 11.1. The fourth-order valence-electron chi connectivity index (χ4n) is 11.1. The number of nitrogens with zero attached hydrogens (tertiary/aromatic N) is 3. The van der Waals surface area contributed by atoms with E-state index in [9.17, 15) is 39.2 Å². The summed E-state index contributed by atoms with van der Waals surface area (Å²) in [6.45, 7) is 16.5. The van der Waals surface area contributed by atoms with Crippen molar-refractivity contribution in [1.82, 2.24) is 20.2 Å². The molecule has 19 atom stereocenters. The zero-order chi connectivity index (χ0) is 54.2. The molecule has 73 heavy (non-hydrogen) atoms. The van der Waals surface area contributed by atoms with Crippen LogP contribution in [-0.4, -0.2) is 172 Å². The lowest BCUT2D eigenvalue weighted by molar-refractivity contribution is -0.309. The van der Waals surface area contributed by atoms with Crippen molar-refractivity contribution < 1.29 is 72.4 Å². The first-order chi connectivity index (χ1) is 34.3. The van der Waals surface area contributed by atoms with Crippen molar-refractivity contribution in [2.75, 3.05) is 41.0 Å². The molecule has 412 valence electrons. The summed E-state index contributed by atoms with van der Waals surface area (Å²) in [7, 11) is 4.93. The van der Waals surface area contributed by atoms with E-state index < -0.39 is 114 Å². The number of alkyl halides is 1. The van der Waals surface area contributed by atoms with Crippen LogP contribution in [0.5, 0.6) is 0 Å². The number of esters is 1. The summed E-state index contributed by atoms with van der Waals surface area (Å²) in [5.74, 6) is -5.78. The number of halogens is 1. The number of benzene rings is 1. The van der Waals surface area contributed by atoms with Crippen molar-refractivity contribution in [3.63, 3.8) is 0 Å². The maximum absolute atomic E-state index is 14.4. The number of nitrogens with one attached hydrogen (secondary N) is 1. The van der Waals surface area contributed by atoms with Crippen molar-refractivity contribution in [2.45, 2.75) is 192 Å². The summed E-state index contributed by atoms with van der Waals surface area (Å²) in [6, 6.07) is 6.93. The molecule has 1 aromatic carbocycles. The van der Waals surface area contributed by atoms with Gasteiger partial charge in [-0.3, -0.25) is 18.8 Å². The van der Waals surface area contributed by atoms with E-state index in [4.69, 9.17) is 33.2 Å². The fraction of sp³-hybridized carbons (Fsp3) is 0.759. The van der Waals surface area contributed by atoms with E-state index >= 15 is 0 Å². The number of hydrogen-bond donors (Lipinski definition) is 5. The van der Waals surface area contributed by atoms with Gasteiger partial charge in [0, 0.05) is 94.2 Å². The quantitative estimate of drug-likeness (QED) is 0.129. The normalized spacial score (nSPS) is 38.0. The Hall–Kier alpha value is -3.60. The number of aliphatic hydroxyl groups is 4. The summed E-state index contributed by atoms with van der Waals surface area (Å²) in [4.78, 5) is 52.1. The molecule has 3 aliphatic heterocycles. The van der Waals surface area contributed by atoms with Gasteiger partial charge < -0.3 is 63.8 Å². The largest absolute Gasteiger partial charge is 0.459 e. The van der Waals surface area contributed by atoms with Crippen molar-refractivity contribution in [3.05, 3.63) is 48.5 Å². The van der Waals surface area contributed by atoms with E-state index in [0.29, 0.717) is 24.9 Å². The van der Waals surface area contributed by atoms with Crippen molar-refractivity contribution in [1.29, 1.82) is 0 Å². The molecule has 18 nitrogen and oxygen atoms in total. The zero-order valence-electron chi connectivity index (χ0n) is 45.2. The van der Waals surface area contributed by atoms with Gasteiger partial charge >= 0.3 is 5.97 Å². The second kappa shape index (κ2) is 26.0. The number of ether oxygens (including phenoxy) is 7. The van der Waals surface area contributed by atoms with Gasteiger partial charge in [0.05, 0.1) is 60.4 Å². The minimum absolute atomic E-state index is 0.0686. The smallest absolute Gasteiger partial charge is 0.311 e. The Kier molecular flexibility index (Phi) is 21.4. The topological polar surface area (TPSA) is 238 Å². The Labute approximate surface area is 431 Å². The number of hydrogen-bond acceptors (Lipinski definition) is 17. The predicted molar refractivity (Wildman–Crippen MR) is 268 cm³/mol. The molecule has 0 bridgehead atoms.